The molecular weight excluding hydrogens is 516 g/mol. The molecule has 0 unspecified atom stereocenters. The maximum Gasteiger partial charge on any atom is 0.416 e. The highest BCUT2D eigenvalue weighted by Crippen LogP contribution is 2.38. The normalized spacial score (nSPS) is 20.5. The fourth-order valence-corrected chi connectivity index (χ4v) is 6.54. The number of benzene rings is 3. The number of halogens is 4. The summed E-state index contributed by atoms with van der Waals surface area (Å²) < 4.78 is 53.7. The first-order chi connectivity index (χ1) is 19.2. The lowest BCUT2D eigenvalue weighted by Crippen LogP contribution is -2.45. The third-order valence-electron chi connectivity index (χ3n) is 8.56. The van der Waals surface area contributed by atoms with Gasteiger partial charge in [0.05, 0.1) is 5.56 Å². The van der Waals surface area contributed by atoms with Gasteiger partial charge in [-0.05, 0) is 72.7 Å². The van der Waals surface area contributed by atoms with Gasteiger partial charge < -0.3 is 4.90 Å². The van der Waals surface area contributed by atoms with E-state index in [9.17, 15) is 22.4 Å². The zero-order valence-electron chi connectivity index (χ0n) is 22.8. The number of aryl methyl sites for hydroxylation is 1. The first kappa shape index (κ1) is 28.3. The van der Waals surface area contributed by atoms with Crippen LogP contribution in [0.3, 0.4) is 0 Å². The Hall–Kier alpha value is -3.19. The summed E-state index contributed by atoms with van der Waals surface area (Å²) in [6, 6.07) is 19.7. The summed E-state index contributed by atoms with van der Waals surface area (Å²) in [4.78, 5) is 18.1. The van der Waals surface area contributed by atoms with Gasteiger partial charge in [0.1, 0.15) is 5.82 Å². The Morgan fingerprint density at radius 3 is 2.35 bits per heavy atom. The number of rotatable bonds is 7. The summed E-state index contributed by atoms with van der Waals surface area (Å²) >= 11 is 0. The van der Waals surface area contributed by atoms with Crippen LogP contribution in [0.4, 0.5) is 17.6 Å². The predicted octanol–water partition coefficient (Wildman–Crippen LogP) is 7.84. The van der Waals surface area contributed by atoms with Crippen molar-refractivity contribution in [2.24, 2.45) is 5.92 Å². The number of carbonyl (C=O) groups excluding carboxylic acids is 1. The Balaban J connectivity index is 1.43. The van der Waals surface area contributed by atoms with Crippen LogP contribution in [0.15, 0.2) is 72.8 Å². The van der Waals surface area contributed by atoms with E-state index in [-0.39, 0.29) is 29.6 Å². The summed E-state index contributed by atoms with van der Waals surface area (Å²) in [6.07, 6.45) is 0.825. The molecular formula is C33H36F4N2O. The van der Waals surface area contributed by atoms with Crippen molar-refractivity contribution in [3.8, 4) is 0 Å². The molecule has 3 aromatic carbocycles. The van der Waals surface area contributed by atoms with E-state index in [0.29, 0.717) is 37.3 Å². The van der Waals surface area contributed by atoms with Crippen LogP contribution in [0.5, 0.6) is 0 Å². The van der Waals surface area contributed by atoms with Gasteiger partial charge in [0, 0.05) is 43.7 Å². The van der Waals surface area contributed by atoms with E-state index in [2.05, 4.69) is 24.0 Å². The average molecular weight is 553 g/mol. The molecule has 0 spiro atoms. The number of hydrogen-bond acceptors (Lipinski definition) is 2. The monoisotopic (exact) mass is 552 g/mol. The van der Waals surface area contributed by atoms with Gasteiger partial charge >= 0.3 is 6.18 Å². The van der Waals surface area contributed by atoms with Crippen molar-refractivity contribution in [3.05, 3.63) is 106 Å². The molecule has 40 heavy (non-hydrogen) atoms. The molecule has 2 fully saturated rings. The van der Waals surface area contributed by atoms with Crippen LogP contribution >= 0.6 is 0 Å². The highest BCUT2D eigenvalue weighted by Gasteiger charge is 2.38. The van der Waals surface area contributed by atoms with Gasteiger partial charge in [-0.2, -0.15) is 13.2 Å². The smallest absolute Gasteiger partial charge is 0.335 e. The molecule has 2 aliphatic rings. The number of alkyl halides is 3. The molecule has 5 rings (SSSR count). The van der Waals surface area contributed by atoms with E-state index in [1.165, 1.54) is 35.4 Å². The van der Waals surface area contributed by atoms with Crippen molar-refractivity contribution in [2.75, 3.05) is 19.6 Å². The largest absolute Gasteiger partial charge is 0.416 e. The van der Waals surface area contributed by atoms with E-state index in [1.807, 2.05) is 17.0 Å². The molecule has 1 aliphatic heterocycles. The molecule has 0 radical (unpaired) electrons. The standard InChI is InChI=1S/C33H36F4N2O/c1-23-8-5-6-13-30(23)31-22-38(19-24-9-7-10-27(18-24)33(35,36)37)20-26(31)21-39(29-11-3-2-4-12-29)32(40)25-14-16-28(34)17-15-25/h5-10,13-18,26,29,31H,2-4,11-12,19-22H2,1H3/t26-,31-/m1/s1. The lowest BCUT2D eigenvalue weighted by molar-refractivity contribution is -0.137. The molecule has 1 heterocycles. The average Bonchev–Trinajstić information content (AvgIpc) is 3.34. The Kier molecular flexibility index (Phi) is 8.60. The molecule has 7 heteroatoms. The fraction of sp³-hybridized carbons (Fsp3) is 0.424. The second-order valence-corrected chi connectivity index (χ2v) is 11.4. The van der Waals surface area contributed by atoms with Crippen molar-refractivity contribution in [2.45, 2.75) is 63.7 Å². The van der Waals surface area contributed by atoms with Gasteiger partial charge in [-0.3, -0.25) is 9.69 Å². The van der Waals surface area contributed by atoms with E-state index in [4.69, 9.17) is 0 Å². The van der Waals surface area contributed by atoms with Crippen LogP contribution in [0, 0.1) is 18.7 Å². The molecule has 3 aromatic rings. The summed E-state index contributed by atoms with van der Waals surface area (Å²) in [5.41, 5.74) is 2.87. The zero-order valence-corrected chi connectivity index (χ0v) is 22.8. The van der Waals surface area contributed by atoms with Crippen molar-refractivity contribution in [1.82, 2.24) is 9.80 Å². The Morgan fingerprint density at radius 2 is 1.65 bits per heavy atom. The third-order valence-corrected chi connectivity index (χ3v) is 8.56. The molecule has 0 N–H and O–H groups in total. The molecule has 3 nitrogen and oxygen atoms in total. The van der Waals surface area contributed by atoms with Crippen LogP contribution in [0.2, 0.25) is 0 Å². The van der Waals surface area contributed by atoms with Gasteiger partial charge in [0.15, 0.2) is 0 Å². The molecule has 1 amide bonds. The second-order valence-electron chi connectivity index (χ2n) is 11.4. The Morgan fingerprint density at radius 1 is 0.925 bits per heavy atom. The van der Waals surface area contributed by atoms with Crippen LogP contribution in [0.1, 0.15) is 70.6 Å². The first-order valence-corrected chi connectivity index (χ1v) is 14.2. The molecule has 0 bridgehead atoms. The maximum absolute atomic E-state index is 13.8. The van der Waals surface area contributed by atoms with E-state index < -0.39 is 11.7 Å². The number of likely N-dealkylation sites (tertiary alicyclic amines) is 1. The van der Waals surface area contributed by atoms with Crippen molar-refractivity contribution >= 4 is 5.91 Å². The fourth-order valence-electron chi connectivity index (χ4n) is 6.54. The third kappa shape index (κ3) is 6.57. The van der Waals surface area contributed by atoms with Crippen LogP contribution < -0.4 is 0 Å². The molecule has 1 saturated carbocycles. The van der Waals surface area contributed by atoms with E-state index in [1.54, 1.807) is 18.2 Å². The number of hydrogen-bond donors (Lipinski definition) is 0. The molecule has 0 aromatic heterocycles. The summed E-state index contributed by atoms with van der Waals surface area (Å²) in [7, 11) is 0. The Labute approximate surface area is 233 Å². The van der Waals surface area contributed by atoms with Gasteiger partial charge in [0.2, 0.25) is 0 Å². The minimum atomic E-state index is -4.38. The number of carbonyl (C=O) groups is 1. The lowest BCUT2D eigenvalue weighted by atomic mass is 9.85. The maximum atomic E-state index is 13.8. The van der Waals surface area contributed by atoms with Gasteiger partial charge in [-0.25, -0.2) is 4.39 Å². The predicted molar refractivity (Wildman–Crippen MR) is 148 cm³/mol. The quantitative estimate of drug-likeness (QED) is 0.279. The lowest BCUT2D eigenvalue weighted by Gasteiger charge is -2.37. The van der Waals surface area contributed by atoms with Crippen LogP contribution in [-0.4, -0.2) is 41.4 Å². The minimum Gasteiger partial charge on any atom is -0.335 e. The van der Waals surface area contributed by atoms with Gasteiger partial charge in [-0.15, -0.1) is 0 Å². The molecule has 212 valence electrons. The second kappa shape index (κ2) is 12.1. The Bertz CT molecular complexity index is 1300. The molecule has 1 saturated heterocycles. The van der Waals surface area contributed by atoms with Crippen molar-refractivity contribution < 1.29 is 22.4 Å². The number of amides is 1. The summed E-state index contributed by atoms with van der Waals surface area (Å²) in [5.74, 6) is -0.203. The highest BCUT2D eigenvalue weighted by molar-refractivity contribution is 5.94. The zero-order chi connectivity index (χ0) is 28.3. The van der Waals surface area contributed by atoms with Gasteiger partial charge in [0.25, 0.3) is 5.91 Å². The number of nitrogens with zero attached hydrogens (tertiary/aromatic N) is 2. The van der Waals surface area contributed by atoms with E-state index >= 15 is 0 Å². The molecule has 1 aliphatic carbocycles. The van der Waals surface area contributed by atoms with Crippen LogP contribution in [0.25, 0.3) is 0 Å². The SMILES string of the molecule is Cc1ccccc1[C@@H]1CN(Cc2cccc(C(F)(F)F)c2)C[C@@H]1CN(C(=O)c1ccc(F)cc1)C1CCCCC1. The van der Waals surface area contributed by atoms with E-state index in [0.717, 1.165) is 38.2 Å². The first-order valence-electron chi connectivity index (χ1n) is 14.2. The summed E-state index contributed by atoms with van der Waals surface area (Å²) in [6.45, 7) is 4.44. The van der Waals surface area contributed by atoms with Crippen LogP contribution in [-0.2, 0) is 12.7 Å². The molecule has 2 atom stereocenters. The van der Waals surface area contributed by atoms with Crippen molar-refractivity contribution in [3.63, 3.8) is 0 Å². The highest BCUT2D eigenvalue weighted by atomic mass is 19.4. The topological polar surface area (TPSA) is 23.6 Å². The van der Waals surface area contributed by atoms with Crippen molar-refractivity contribution in [1.29, 1.82) is 0 Å². The minimum absolute atomic E-state index is 0.0771. The summed E-state index contributed by atoms with van der Waals surface area (Å²) in [5, 5.41) is 0. The van der Waals surface area contributed by atoms with Gasteiger partial charge in [-0.1, -0.05) is 61.7 Å².